The van der Waals surface area contributed by atoms with Gasteiger partial charge in [-0.1, -0.05) is 68.4 Å². The molecular weight excluding hydrogens is 392 g/mol. The summed E-state index contributed by atoms with van der Waals surface area (Å²) in [6, 6.07) is 26.5. The summed E-state index contributed by atoms with van der Waals surface area (Å²) in [4.78, 5) is 13.0. The van der Waals surface area contributed by atoms with Crippen molar-refractivity contribution in [1.29, 1.82) is 0 Å². The van der Waals surface area contributed by atoms with E-state index in [1.165, 1.54) is 43.8 Å². The zero-order valence-corrected chi connectivity index (χ0v) is 17.9. The summed E-state index contributed by atoms with van der Waals surface area (Å²) in [6.45, 7) is 4.67. The summed E-state index contributed by atoms with van der Waals surface area (Å²) in [5, 5.41) is 4.96. The van der Waals surface area contributed by atoms with Gasteiger partial charge in [0, 0.05) is 16.2 Å². The fourth-order valence-electron chi connectivity index (χ4n) is 5.65. The highest BCUT2D eigenvalue weighted by Gasteiger charge is 2.36. The van der Waals surface area contributed by atoms with Gasteiger partial charge in [-0.25, -0.2) is 15.0 Å². The summed E-state index contributed by atoms with van der Waals surface area (Å²) < 4.78 is 2.15. The average Bonchev–Trinajstić information content (AvgIpc) is 3.27. The summed E-state index contributed by atoms with van der Waals surface area (Å²) in [5.74, 6) is 0.640. The van der Waals surface area contributed by atoms with Crippen molar-refractivity contribution in [3.05, 3.63) is 96.6 Å². The minimum atomic E-state index is -0.0663. The molecule has 0 bridgehead atoms. The number of hydrogen-bond donors (Lipinski definition) is 0. The lowest BCUT2D eigenvalue weighted by atomic mass is 9.80. The van der Waals surface area contributed by atoms with E-state index in [4.69, 9.17) is 0 Å². The Labute approximate surface area is 185 Å². The molecular formula is C28H20N4. The van der Waals surface area contributed by atoms with E-state index in [2.05, 4.69) is 106 Å². The first kappa shape index (κ1) is 17.6. The predicted octanol–water partition coefficient (Wildman–Crippen LogP) is 6.43. The van der Waals surface area contributed by atoms with Gasteiger partial charge < -0.3 is 0 Å². The maximum atomic E-state index is 4.48. The number of fused-ring (bicyclic) bond motifs is 8. The Morgan fingerprint density at radius 1 is 0.688 bits per heavy atom. The second-order valence-corrected chi connectivity index (χ2v) is 9.04. The molecule has 0 amide bonds. The zero-order valence-electron chi connectivity index (χ0n) is 17.9. The van der Waals surface area contributed by atoms with Crippen molar-refractivity contribution < 1.29 is 0 Å². The summed E-state index contributed by atoms with van der Waals surface area (Å²) in [7, 11) is 0. The van der Waals surface area contributed by atoms with Crippen LogP contribution in [0.2, 0.25) is 0 Å². The van der Waals surface area contributed by atoms with Crippen LogP contribution >= 0.6 is 0 Å². The van der Waals surface area contributed by atoms with Crippen LogP contribution < -0.4 is 0 Å². The maximum Gasteiger partial charge on any atom is 0.237 e. The molecule has 32 heavy (non-hydrogen) atoms. The number of para-hydroxylation sites is 1. The topological polar surface area (TPSA) is 43.6 Å². The van der Waals surface area contributed by atoms with Crippen LogP contribution in [0.25, 0.3) is 49.7 Å². The third-order valence-electron chi connectivity index (χ3n) is 7.01. The SMILES string of the molecule is CC1(C)c2ccccc2-c2ccc3cc4c5ccccc5n(-c5ncncn5)c4cc3c21. The van der Waals surface area contributed by atoms with Gasteiger partial charge in [-0.15, -0.1) is 0 Å². The summed E-state index contributed by atoms with van der Waals surface area (Å²) in [5.41, 5.74) is 7.61. The number of hydrogen-bond acceptors (Lipinski definition) is 3. The van der Waals surface area contributed by atoms with E-state index in [0.29, 0.717) is 5.95 Å². The molecule has 0 saturated heterocycles. The standard InChI is InChI=1S/C28H20N4/c1-28(2)23-9-5-3-7-18(23)20-12-11-17-13-22-19-8-4-6-10-24(19)32(27-30-15-29-16-31-27)25(22)14-21(17)26(20)28/h3-16H,1-2H3. The molecule has 4 aromatic carbocycles. The second-order valence-electron chi connectivity index (χ2n) is 9.04. The number of aromatic nitrogens is 4. The Kier molecular flexibility index (Phi) is 3.31. The molecule has 0 radical (unpaired) electrons. The van der Waals surface area contributed by atoms with Crippen LogP contribution in [0.15, 0.2) is 85.5 Å². The van der Waals surface area contributed by atoms with E-state index in [1.807, 2.05) is 0 Å². The third-order valence-corrected chi connectivity index (χ3v) is 7.01. The van der Waals surface area contributed by atoms with E-state index in [0.717, 1.165) is 11.0 Å². The number of benzene rings is 4. The van der Waals surface area contributed by atoms with E-state index < -0.39 is 0 Å². The van der Waals surface area contributed by atoms with Gasteiger partial charge in [0.15, 0.2) is 0 Å². The molecule has 7 rings (SSSR count). The Hall–Kier alpha value is -4.05. The number of rotatable bonds is 1. The molecule has 0 aliphatic heterocycles. The van der Waals surface area contributed by atoms with E-state index in [9.17, 15) is 0 Å². The molecule has 0 unspecified atom stereocenters. The number of nitrogens with zero attached hydrogens (tertiary/aromatic N) is 4. The van der Waals surface area contributed by atoms with Crippen molar-refractivity contribution in [2.75, 3.05) is 0 Å². The predicted molar refractivity (Wildman–Crippen MR) is 129 cm³/mol. The zero-order chi connectivity index (χ0) is 21.4. The first-order chi connectivity index (χ1) is 15.6. The van der Waals surface area contributed by atoms with Gasteiger partial charge in [0.25, 0.3) is 0 Å². The second kappa shape index (κ2) is 6.01. The molecule has 4 heteroatoms. The summed E-state index contributed by atoms with van der Waals surface area (Å²) in [6.07, 6.45) is 3.11. The van der Waals surface area contributed by atoms with Crippen LogP contribution in [0, 0.1) is 0 Å². The highest BCUT2D eigenvalue weighted by Crippen LogP contribution is 2.51. The average molecular weight is 412 g/mol. The lowest BCUT2D eigenvalue weighted by Crippen LogP contribution is -2.15. The van der Waals surface area contributed by atoms with Gasteiger partial charge in [-0.2, -0.15) is 0 Å². The Morgan fingerprint density at radius 2 is 1.47 bits per heavy atom. The fourth-order valence-corrected chi connectivity index (χ4v) is 5.65. The lowest BCUT2D eigenvalue weighted by Gasteiger charge is -2.23. The normalized spacial score (nSPS) is 14.2. The lowest BCUT2D eigenvalue weighted by molar-refractivity contribution is 0.666. The smallest absolute Gasteiger partial charge is 0.237 e. The van der Waals surface area contributed by atoms with E-state index in [1.54, 1.807) is 12.7 Å². The summed E-state index contributed by atoms with van der Waals surface area (Å²) >= 11 is 0. The molecule has 152 valence electrons. The Morgan fingerprint density at radius 3 is 2.34 bits per heavy atom. The van der Waals surface area contributed by atoms with Crippen LogP contribution in [0.1, 0.15) is 25.0 Å². The molecule has 0 saturated carbocycles. The third kappa shape index (κ3) is 2.14. The molecule has 1 aliphatic rings. The highest BCUT2D eigenvalue weighted by atomic mass is 15.2. The first-order valence-corrected chi connectivity index (χ1v) is 10.9. The molecule has 2 aromatic heterocycles. The molecule has 0 atom stereocenters. The van der Waals surface area contributed by atoms with Crippen molar-refractivity contribution >= 4 is 32.6 Å². The molecule has 0 N–H and O–H groups in total. The van der Waals surface area contributed by atoms with Crippen molar-refractivity contribution in [3.8, 4) is 17.1 Å². The van der Waals surface area contributed by atoms with Crippen LogP contribution in [0.5, 0.6) is 0 Å². The van der Waals surface area contributed by atoms with E-state index >= 15 is 0 Å². The van der Waals surface area contributed by atoms with Crippen LogP contribution in [0.3, 0.4) is 0 Å². The molecule has 1 aliphatic carbocycles. The molecule has 6 aromatic rings. The quantitative estimate of drug-likeness (QED) is 0.313. The van der Waals surface area contributed by atoms with Crippen molar-refractivity contribution in [3.63, 3.8) is 0 Å². The van der Waals surface area contributed by atoms with Gasteiger partial charge in [0.05, 0.1) is 11.0 Å². The maximum absolute atomic E-state index is 4.48. The van der Waals surface area contributed by atoms with Gasteiger partial charge >= 0.3 is 0 Å². The van der Waals surface area contributed by atoms with Gasteiger partial charge in [-0.05, 0) is 51.2 Å². The fraction of sp³-hybridized carbons (Fsp3) is 0.107. The Bertz CT molecular complexity index is 1690. The minimum absolute atomic E-state index is 0.0663. The van der Waals surface area contributed by atoms with Crippen molar-refractivity contribution in [1.82, 2.24) is 19.5 Å². The van der Waals surface area contributed by atoms with Gasteiger partial charge in [-0.3, -0.25) is 4.57 Å². The largest absolute Gasteiger partial charge is 0.278 e. The monoisotopic (exact) mass is 412 g/mol. The Balaban J connectivity index is 1.66. The molecule has 4 nitrogen and oxygen atoms in total. The minimum Gasteiger partial charge on any atom is -0.278 e. The van der Waals surface area contributed by atoms with Crippen molar-refractivity contribution in [2.45, 2.75) is 19.3 Å². The molecule has 0 fully saturated rings. The van der Waals surface area contributed by atoms with Crippen LogP contribution in [-0.2, 0) is 5.41 Å². The first-order valence-electron chi connectivity index (χ1n) is 10.9. The van der Waals surface area contributed by atoms with Gasteiger partial charge in [0.1, 0.15) is 12.7 Å². The van der Waals surface area contributed by atoms with Gasteiger partial charge in [0.2, 0.25) is 5.95 Å². The van der Waals surface area contributed by atoms with Crippen LogP contribution in [0.4, 0.5) is 0 Å². The van der Waals surface area contributed by atoms with Crippen molar-refractivity contribution in [2.24, 2.45) is 0 Å². The van der Waals surface area contributed by atoms with E-state index in [-0.39, 0.29) is 5.41 Å². The molecule has 2 heterocycles. The molecule has 0 spiro atoms. The highest BCUT2D eigenvalue weighted by molar-refractivity contribution is 6.14. The van der Waals surface area contributed by atoms with Crippen LogP contribution in [-0.4, -0.2) is 19.5 Å².